The molecule has 0 fully saturated rings. The van der Waals surface area contributed by atoms with Crippen molar-refractivity contribution in [2.24, 2.45) is 5.73 Å². The van der Waals surface area contributed by atoms with Crippen LogP contribution in [0, 0.1) is 0 Å². The first-order valence-corrected chi connectivity index (χ1v) is 7.67. The molecule has 0 aliphatic carbocycles. The van der Waals surface area contributed by atoms with Gasteiger partial charge in [-0.25, -0.2) is 8.42 Å². The van der Waals surface area contributed by atoms with Crippen molar-refractivity contribution in [2.45, 2.75) is 12.5 Å². The second-order valence-corrected chi connectivity index (χ2v) is 6.65. The summed E-state index contributed by atoms with van der Waals surface area (Å²) in [6.45, 7) is 0. The summed E-state index contributed by atoms with van der Waals surface area (Å²) >= 11 is 1.47. The fourth-order valence-electron chi connectivity index (χ4n) is 0.792. The monoisotopic (exact) mass is 255 g/mol. The molecule has 0 bridgehead atoms. The highest BCUT2D eigenvalue weighted by molar-refractivity contribution is 8.00. The molecule has 0 aliphatic rings. The Morgan fingerprint density at radius 2 is 2.07 bits per heavy atom. The standard InChI is InChI=1S/C8H17NO4S2/c1-13-8(10)7(9)3-4-14-5-6-15(2,11)12/h7H,3-6,9H2,1-2H3. The van der Waals surface area contributed by atoms with Crippen molar-refractivity contribution >= 4 is 27.6 Å². The molecule has 0 saturated heterocycles. The number of sulfone groups is 1. The first-order chi connectivity index (χ1) is 6.87. The molecule has 0 rings (SSSR count). The van der Waals surface area contributed by atoms with Gasteiger partial charge in [-0.15, -0.1) is 0 Å². The lowest BCUT2D eigenvalue weighted by Gasteiger charge is -2.08. The second-order valence-electron chi connectivity index (χ2n) is 3.16. The Labute approximate surface area is 94.7 Å². The third-order valence-corrected chi connectivity index (χ3v) is 3.90. The van der Waals surface area contributed by atoms with Crippen LogP contribution in [0.15, 0.2) is 0 Å². The summed E-state index contributed by atoms with van der Waals surface area (Å²) in [5.74, 6) is 0.919. The van der Waals surface area contributed by atoms with Gasteiger partial charge in [0, 0.05) is 12.0 Å². The molecule has 15 heavy (non-hydrogen) atoms. The average Bonchev–Trinajstić information content (AvgIpc) is 2.14. The molecule has 7 heteroatoms. The molecule has 5 nitrogen and oxygen atoms in total. The zero-order valence-electron chi connectivity index (χ0n) is 8.93. The molecule has 0 aromatic carbocycles. The molecular formula is C8H17NO4S2. The smallest absolute Gasteiger partial charge is 0.322 e. The predicted octanol–water partition coefficient (Wildman–Crippen LogP) is -0.345. The number of esters is 1. The maximum absolute atomic E-state index is 10.9. The van der Waals surface area contributed by atoms with E-state index in [9.17, 15) is 13.2 Å². The molecule has 1 unspecified atom stereocenters. The number of rotatable bonds is 7. The van der Waals surface area contributed by atoms with E-state index in [1.165, 1.54) is 25.1 Å². The fraction of sp³-hybridized carbons (Fsp3) is 0.875. The number of hydrogen-bond donors (Lipinski definition) is 1. The summed E-state index contributed by atoms with van der Waals surface area (Å²) in [5.41, 5.74) is 5.49. The van der Waals surface area contributed by atoms with Gasteiger partial charge < -0.3 is 10.5 Å². The van der Waals surface area contributed by atoms with Crippen molar-refractivity contribution in [2.75, 3.05) is 30.6 Å². The predicted molar refractivity (Wildman–Crippen MR) is 61.6 cm³/mol. The van der Waals surface area contributed by atoms with E-state index in [1.807, 2.05) is 0 Å². The molecule has 0 radical (unpaired) electrons. The minimum atomic E-state index is -2.89. The first kappa shape index (κ1) is 14.7. The third-order valence-electron chi connectivity index (χ3n) is 1.68. The van der Waals surface area contributed by atoms with Crippen LogP contribution in [-0.2, 0) is 19.4 Å². The highest BCUT2D eigenvalue weighted by Gasteiger charge is 2.12. The van der Waals surface area contributed by atoms with E-state index in [-0.39, 0.29) is 5.75 Å². The normalized spacial score (nSPS) is 13.5. The molecule has 0 spiro atoms. The maximum Gasteiger partial charge on any atom is 0.322 e. The van der Waals surface area contributed by atoms with E-state index < -0.39 is 21.8 Å². The van der Waals surface area contributed by atoms with Gasteiger partial charge in [0.05, 0.1) is 12.9 Å². The summed E-state index contributed by atoms with van der Waals surface area (Å²) in [4.78, 5) is 10.9. The van der Waals surface area contributed by atoms with Crippen molar-refractivity contribution < 1.29 is 17.9 Å². The zero-order chi connectivity index (χ0) is 11.9. The van der Waals surface area contributed by atoms with Gasteiger partial charge in [0.25, 0.3) is 0 Å². The molecule has 1 atom stereocenters. The number of nitrogens with two attached hydrogens (primary N) is 1. The Morgan fingerprint density at radius 1 is 1.47 bits per heavy atom. The Balaban J connectivity index is 3.51. The van der Waals surface area contributed by atoms with Gasteiger partial charge in [-0.3, -0.25) is 4.79 Å². The SMILES string of the molecule is COC(=O)C(N)CCSCCS(C)(=O)=O. The first-order valence-electron chi connectivity index (χ1n) is 4.45. The molecule has 0 aliphatic heterocycles. The van der Waals surface area contributed by atoms with Crippen LogP contribution >= 0.6 is 11.8 Å². The summed E-state index contributed by atoms with van der Waals surface area (Å²) < 4.78 is 26.0. The van der Waals surface area contributed by atoms with Gasteiger partial charge >= 0.3 is 5.97 Å². The quantitative estimate of drug-likeness (QED) is 0.494. The zero-order valence-corrected chi connectivity index (χ0v) is 10.6. The molecule has 0 heterocycles. The van der Waals surface area contributed by atoms with Gasteiger partial charge in [0.2, 0.25) is 0 Å². The van der Waals surface area contributed by atoms with Gasteiger partial charge in [-0.2, -0.15) is 11.8 Å². The lowest BCUT2D eigenvalue weighted by Crippen LogP contribution is -2.32. The van der Waals surface area contributed by atoms with E-state index in [0.29, 0.717) is 17.9 Å². The lowest BCUT2D eigenvalue weighted by atomic mass is 10.2. The number of methoxy groups -OCH3 is 1. The number of carbonyl (C=O) groups is 1. The van der Waals surface area contributed by atoms with E-state index >= 15 is 0 Å². The molecule has 0 aromatic rings. The van der Waals surface area contributed by atoms with Crippen LogP contribution in [0.5, 0.6) is 0 Å². The average molecular weight is 255 g/mol. The highest BCUT2D eigenvalue weighted by Crippen LogP contribution is 2.05. The van der Waals surface area contributed by atoms with Crippen LogP contribution in [0.2, 0.25) is 0 Å². The number of hydrogen-bond acceptors (Lipinski definition) is 6. The van der Waals surface area contributed by atoms with E-state index in [4.69, 9.17) is 5.73 Å². The van der Waals surface area contributed by atoms with Crippen molar-refractivity contribution in [1.82, 2.24) is 0 Å². The van der Waals surface area contributed by atoms with Crippen LogP contribution in [-0.4, -0.2) is 51.1 Å². The maximum atomic E-state index is 10.9. The number of carbonyl (C=O) groups excluding carboxylic acids is 1. The molecule has 0 saturated carbocycles. The van der Waals surface area contributed by atoms with Crippen LogP contribution in [0.3, 0.4) is 0 Å². The molecular weight excluding hydrogens is 238 g/mol. The largest absolute Gasteiger partial charge is 0.468 e. The van der Waals surface area contributed by atoms with Crippen molar-refractivity contribution in [1.29, 1.82) is 0 Å². The van der Waals surface area contributed by atoms with Gasteiger partial charge in [0.15, 0.2) is 0 Å². The summed E-state index contributed by atoms with van der Waals surface area (Å²) in [7, 11) is -1.60. The Bertz CT molecular complexity index is 289. The van der Waals surface area contributed by atoms with Gasteiger partial charge in [0.1, 0.15) is 15.9 Å². The minimum absolute atomic E-state index is 0.158. The molecule has 2 N–H and O–H groups in total. The van der Waals surface area contributed by atoms with Crippen LogP contribution in [0.1, 0.15) is 6.42 Å². The molecule has 0 aromatic heterocycles. The van der Waals surface area contributed by atoms with Crippen LogP contribution < -0.4 is 5.73 Å². The number of ether oxygens (including phenoxy) is 1. The van der Waals surface area contributed by atoms with Crippen molar-refractivity contribution in [3.05, 3.63) is 0 Å². The topological polar surface area (TPSA) is 86.5 Å². The van der Waals surface area contributed by atoms with E-state index in [2.05, 4.69) is 4.74 Å². The Kier molecular flexibility index (Phi) is 6.95. The Hall–Kier alpha value is -0.270. The number of thioether (sulfide) groups is 1. The van der Waals surface area contributed by atoms with Gasteiger partial charge in [-0.1, -0.05) is 0 Å². The van der Waals surface area contributed by atoms with E-state index in [1.54, 1.807) is 0 Å². The lowest BCUT2D eigenvalue weighted by molar-refractivity contribution is -0.142. The van der Waals surface area contributed by atoms with Crippen molar-refractivity contribution in [3.8, 4) is 0 Å². The van der Waals surface area contributed by atoms with Crippen molar-refractivity contribution in [3.63, 3.8) is 0 Å². The second kappa shape index (κ2) is 7.08. The van der Waals surface area contributed by atoms with Crippen LogP contribution in [0.25, 0.3) is 0 Å². The summed E-state index contributed by atoms with van der Waals surface area (Å²) in [6, 6.07) is -0.610. The molecule has 90 valence electrons. The molecule has 0 amide bonds. The Morgan fingerprint density at radius 3 is 2.53 bits per heavy atom. The van der Waals surface area contributed by atoms with E-state index in [0.717, 1.165) is 0 Å². The highest BCUT2D eigenvalue weighted by atomic mass is 32.2. The summed E-state index contributed by atoms with van der Waals surface area (Å²) in [6.07, 6.45) is 1.70. The summed E-state index contributed by atoms with van der Waals surface area (Å²) in [5, 5.41) is 0. The third kappa shape index (κ3) is 8.71. The van der Waals surface area contributed by atoms with Crippen LogP contribution in [0.4, 0.5) is 0 Å². The minimum Gasteiger partial charge on any atom is -0.468 e. The fourth-order valence-corrected chi connectivity index (χ4v) is 3.10. The van der Waals surface area contributed by atoms with Gasteiger partial charge in [-0.05, 0) is 12.2 Å².